The van der Waals surface area contributed by atoms with E-state index in [9.17, 15) is 18.0 Å². The summed E-state index contributed by atoms with van der Waals surface area (Å²) in [6, 6.07) is 8.97. The van der Waals surface area contributed by atoms with Gasteiger partial charge in [-0.05, 0) is 29.5 Å². The summed E-state index contributed by atoms with van der Waals surface area (Å²) in [5, 5.41) is 12.5. The van der Waals surface area contributed by atoms with Gasteiger partial charge in [0, 0.05) is 0 Å². The Bertz CT molecular complexity index is 631. The van der Waals surface area contributed by atoms with Gasteiger partial charge in [0.2, 0.25) is 11.1 Å². The molecular formula is C12H12F3N5OS. The van der Waals surface area contributed by atoms with Gasteiger partial charge in [-0.2, -0.15) is 17.9 Å². The molecule has 0 aliphatic rings. The summed E-state index contributed by atoms with van der Waals surface area (Å²) in [5.74, 6) is -0.732. The van der Waals surface area contributed by atoms with Crippen molar-refractivity contribution in [2.75, 3.05) is 6.54 Å². The predicted molar refractivity (Wildman–Crippen MR) is 73.5 cm³/mol. The number of hydrogen-bond acceptors (Lipinski definition) is 5. The molecule has 0 aliphatic heterocycles. The Labute approximate surface area is 128 Å². The number of carbonyl (C=O) groups is 1. The Morgan fingerprint density at radius 2 is 2.05 bits per heavy atom. The largest absolute Gasteiger partial charge is 0.405 e. The Morgan fingerprint density at radius 1 is 1.36 bits per heavy atom. The van der Waals surface area contributed by atoms with Crippen molar-refractivity contribution < 1.29 is 18.0 Å². The number of halogens is 3. The molecule has 1 heterocycles. The normalized spacial score (nSPS) is 12.9. The van der Waals surface area contributed by atoms with E-state index in [2.05, 4.69) is 15.5 Å². The number of aromatic nitrogens is 4. The highest BCUT2D eigenvalue weighted by molar-refractivity contribution is 8.00. The SMILES string of the molecule is C[C@H](Sc1nnnn1-c1ccccc1)C(=O)NCC(F)(F)F. The number of nitrogens with one attached hydrogen (secondary N) is 1. The Morgan fingerprint density at radius 3 is 2.68 bits per heavy atom. The number of hydrogen-bond donors (Lipinski definition) is 1. The summed E-state index contributed by atoms with van der Waals surface area (Å²) in [6.07, 6.45) is -4.44. The van der Waals surface area contributed by atoms with E-state index in [0.29, 0.717) is 10.8 Å². The quantitative estimate of drug-likeness (QED) is 0.846. The van der Waals surface area contributed by atoms with Gasteiger partial charge in [0.1, 0.15) is 6.54 Å². The van der Waals surface area contributed by atoms with E-state index in [1.54, 1.807) is 24.3 Å². The standard InChI is InChI=1S/C12H12F3N5OS/c1-8(10(21)16-7-12(13,14)15)22-11-17-18-19-20(11)9-5-3-2-4-6-9/h2-6,8H,7H2,1H3,(H,16,21)/t8-/m0/s1. The van der Waals surface area contributed by atoms with Crippen LogP contribution >= 0.6 is 11.8 Å². The van der Waals surface area contributed by atoms with Gasteiger partial charge in [-0.3, -0.25) is 4.79 Å². The van der Waals surface area contributed by atoms with Gasteiger partial charge in [-0.25, -0.2) is 0 Å². The zero-order valence-corrected chi connectivity index (χ0v) is 12.2. The fourth-order valence-corrected chi connectivity index (χ4v) is 2.36. The van der Waals surface area contributed by atoms with Gasteiger partial charge in [0.15, 0.2) is 0 Å². The Balaban J connectivity index is 2.02. The lowest BCUT2D eigenvalue weighted by atomic mass is 10.3. The number of tetrazole rings is 1. The van der Waals surface area contributed by atoms with E-state index in [1.807, 2.05) is 11.4 Å². The van der Waals surface area contributed by atoms with Gasteiger partial charge < -0.3 is 5.32 Å². The second kappa shape index (κ2) is 6.77. The molecule has 1 amide bonds. The van der Waals surface area contributed by atoms with Crippen LogP contribution in [0.25, 0.3) is 5.69 Å². The Hall–Kier alpha value is -2.10. The number of nitrogens with zero attached hydrogens (tertiary/aromatic N) is 4. The first-order valence-corrected chi connectivity index (χ1v) is 7.10. The third-order valence-corrected chi connectivity index (χ3v) is 3.59. The van der Waals surface area contributed by atoms with Crippen molar-refractivity contribution in [2.45, 2.75) is 23.5 Å². The van der Waals surface area contributed by atoms with Crippen molar-refractivity contribution >= 4 is 17.7 Å². The lowest BCUT2D eigenvalue weighted by Crippen LogP contribution is -2.38. The van der Waals surface area contributed by atoms with Crippen molar-refractivity contribution in [3.63, 3.8) is 0 Å². The fourth-order valence-electron chi connectivity index (χ4n) is 1.53. The van der Waals surface area contributed by atoms with Crippen LogP contribution in [0.2, 0.25) is 0 Å². The molecule has 0 fully saturated rings. The lowest BCUT2D eigenvalue weighted by Gasteiger charge is -2.12. The van der Waals surface area contributed by atoms with Crippen molar-refractivity contribution in [3.8, 4) is 5.69 Å². The number of alkyl halides is 3. The maximum absolute atomic E-state index is 12.1. The zero-order chi connectivity index (χ0) is 16.2. The van der Waals surface area contributed by atoms with Gasteiger partial charge in [0.25, 0.3) is 0 Å². The first-order valence-electron chi connectivity index (χ1n) is 6.22. The van der Waals surface area contributed by atoms with Crippen LogP contribution in [0.3, 0.4) is 0 Å². The molecule has 1 atom stereocenters. The summed E-state index contributed by atoms with van der Waals surface area (Å²) in [5.41, 5.74) is 0.692. The molecule has 0 radical (unpaired) electrons. The molecule has 1 N–H and O–H groups in total. The molecular weight excluding hydrogens is 319 g/mol. The maximum Gasteiger partial charge on any atom is 0.405 e. The van der Waals surface area contributed by atoms with E-state index >= 15 is 0 Å². The van der Waals surface area contributed by atoms with Gasteiger partial charge >= 0.3 is 6.18 Å². The smallest absolute Gasteiger partial charge is 0.346 e. The second-order valence-corrected chi connectivity index (χ2v) is 5.61. The Kier molecular flexibility index (Phi) is 5.01. The highest BCUT2D eigenvalue weighted by atomic mass is 32.2. The first kappa shape index (κ1) is 16.3. The molecule has 0 unspecified atom stereocenters. The number of benzene rings is 1. The van der Waals surface area contributed by atoms with E-state index < -0.39 is 23.9 Å². The summed E-state index contributed by atoms with van der Waals surface area (Å²) in [4.78, 5) is 11.7. The zero-order valence-electron chi connectivity index (χ0n) is 11.4. The number of rotatable bonds is 5. The number of para-hydroxylation sites is 1. The average molecular weight is 331 g/mol. The third kappa shape index (κ3) is 4.45. The molecule has 1 aromatic heterocycles. The molecule has 0 saturated carbocycles. The first-order chi connectivity index (χ1) is 10.4. The molecule has 6 nitrogen and oxygen atoms in total. The van der Waals surface area contributed by atoms with E-state index in [4.69, 9.17) is 0 Å². The molecule has 118 valence electrons. The molecule has 0 spiro atoms. The number of amides is 1. The third-order valence-electron chi connectivity index (χ3n) is 2.56. The van der Waals surface area contributed by atoms with Crippen LogP contribution in [0.15, 0.2) is 35.5 Å². The lowest BCUT2D eigenvalue weighted by molar-refractivity contribution is -0.137. The van der Waals surface area contributed by atoms with Crippen LogP contribution in [0.5, 0.6) is 0 Å². The second-order valence-electron chi connectivity index (χ2n) is 4.30. The van der Waals surface area contributed by atoms with Gasteiger partial charge in [0.05, 0.1) is 10.9 Å². The number of thioether (sulfide) groups is 1. The molecule has 10 heteroatoms. The van der Waals surface area contributed by atoms with Crippen LogP contribution in [-0.4, -0.2) is 44.1 Å². The van der Waals surface area contributed by atoms with Crippen molar-refractivity contribution in [3.05, 3.63) is 30.3 Å². The summed E-state index contributed by atoms with van der Waals surface area (Å²) in [7, 11) is 0. The van der Waals surface area contributed by atoms with Crippen LogP contribution in [0.1, 0.15) is 6.92 Å². The molecule has 2 rings (SSSR count). The van der Waals surface area contributed by atoms with Crippen molar-refractivity contribution in [1.29, 1.82) is 0 Å². The highest BCUT2D eigenvalue weighted by Gasteiger charge is 2.29. The van der Waals surface area contributed by atoms with Crippen molar-refractivity contribution in [2.24, 2.45) is 0 Å². The molecule has 0 bridgehead atoms. The fraction of sp³-hybridized carbons (Fsp3) is 0.333. The maximum atomic E-state index is 12.1. The average Bonchev–Trinajstić information content (AvgIpc) is 2.93. The monoisotopic (exact) mass is 331 g/mol. The summed E-state index contributed by atoms with van der Waals surface area (Å²) >= 11 is 0.978. The van der Waals surface area contributed by atoms with Crippen molar-refractivity contribution in [1.82, 2.24) is 25.5 Å². The van der Waals surface area contributed by atoms with Crippen LogP contribution in [-0.2, 0) is 4.79 Å². The topological polar surface area (TPSA) is 72.7 Å². The minimum absolute atomic E-state index is 0.320. The van der Waals surface area contributed by atoms with Gasteiger partial charge in [-0.15, -0.1) is 5.10 Å². The summed E-state index contributed by atoms with van der Waals surface area (Å²) < 4.78 is 37.7. The predicted octanol–water partition coefficient (Wildman–Crippen LogP) is 1.82. The molecule has 0 saturated heterocycles. The van der Waals surface area contributed by atoms with E-state index in [0.717, 1.165) is 11.8 Å². The molecule has 1 aromatic carbocycles. The van der Waals surface area contributed by atoms with Gasteiger partial charge in [-0.1, -0.05) is 30.0 Å². The van der Waals surface area contributed by atoms with Crippen LogP contribution in [0.4, 0.5) is 13.2 Å². The van der Waals surface area contributed by atoms with E-state index in [-0.39, 0.29) is 0 Å². The highest BCUT2D eigenvalue weighted by Crippen LogP contribution is 2.23. The molecule has 2 aromatic rings. The minimum atomic E-state index is -4.44. The van der Waals surface area contributed by atoms with Crippen LogP contribution < -0.4 is 5.32 Å². The molecule has 22 heavy (non-hydrogen) atoms. The molecule has 0 aliphatic carbocycles. The van der Waals surface area contributed by atoms with E-state index in [1.165, 1.54) is 11.6 Å². The van der Waals surface area contributed by atoms with Crippen LogP contribution in [0, 0.1) is 0 Å². The minimum Gasteiger partial charge on any atom is -0.346 e. The summed E-state index contributed by atoms with van der Waals surface area (Å²) in [6.45, 7) is 0.126. The number of carbonyl (C=O) groups excluding carboxylic acids is 1.